The maximum Gasteiger partial charge on any atom is 0.333 e. The summed E-state index contributed by atoms with van der Waals surface area (Å²) in [6, 6.07) is 8.78. The van der Waals surface area contributed by atoms with Crippen LogP contribution in [-0.2, 0) is 9.59 Å². The summed E-state index contributed by atoms with van der Waals surface area (Å²) in [6.45, 7) is 1.93. The monoisotopic (exact) mass is 353 g/mol. The molecule has 7 nitrogen and oxygen atoms in total. The molecule has 0 bridgehead atoms. The minimum Gasteiger partial charge on any atom is -0.497 e. The summed E-state index contributed by atoms with van der Waals surface area (Å²) >= 11 is 0. The van der Waals surface area contributed by atoms with Crippen LogP contribution in [0.3, 0.4) is 0 Å². The lowest BCUT2D eigenvalue weighted by Crippen LogP contribution is -2.52. The predicted octanol–water partition coefficient (Wildman–Crippen LogP) is 2.23. The standard InChI is InChI=1S/C19H19N3O4/c1-12-9-13(11-22(12)14-5-7-15(26-4)8-6-14)10-16-17(23)20(2)19(25)21(3)18(16)24/h5-11H,1-4H3. The summed E-state index contributed by atoms with van der Waals surface area (Å²) < 4.78 is 7.11. The first-order valence-electron chi connectivity index (χ1n) is 7.98. The number of barbiturate groups is 1. The maximum atomic E-state index is 12.3. The van der Waals surface area contributed by atoms with E-state index < -0.39 is 17.8 Å². The van der Waals surface area contributed by atoms with Gasteiger partial charge in [-0.3, -0.25) is 19.4 Å². The van der Waals surface area contributed by atoms with Crippen molar-refractivity contribution in [1.82, 2.24) is 14.4 Å². The van der Waals surface area contributed by atoms with Gasteiger partial charge in [0.2, 0.25) is 0 Å². The van der Waals surface area contributed by atoms with Gasteiger partial charge in [-0.1, -0.05) is 0 Å². The van der Waals surface area contributed by atoms with E-state index in [1.165, 1.54) is 20.2 Å². The molecule has 1 fully saturated rings. The second-order valence-corrected chi connectivity index (χ2v) is 6.05. The third-order valence-corrected chi connectivity index (χ3v) is 4.34. The Labute approximate surface area is 151 Å². The zero-order chi connectivity index (χ0) is 19.0. The third-order valence-electron chi connectivity index (χ3n) is 4.34. The molecule has 4 amide bonds. The fourth-order valence-electron chi connectivity index (χ4n) is 2.84. The molecule has 2 aromatic rings. The molecule has 0 atom stereocenters. The van der Waals surface area contributed by atoms with Crippen molar-refractivity contribution < 1.29 is 19.1 Å². The number of urea groups is 1. The topological polar surface area (TPSA) is 71.8 Å². The number of aryl methyl sites for hydroxylation is 1. The van der Waals surface area contributed by atoms with Crippen LogP contribution in [0.4, 0.5) is 4.79 Å². The van der Waals surface area contributed by atoms with Gasteiger partial charge < -0.3 is 9.30 Å². The van der Waals surface area contributed by atoms with Gasteiger partial charge in [-0.05, 0) is 48.9 Å². The maximum absolute atomic E-state index is 12.3. The second kappa shape index (κ2) is 6.51. The lowest BCUT2D eigenvalue weighted by Gasteiger charge is -2.28. The Morgan fingerprint density at radius 2 is 1.54 bits per heavy atom. The average molecular weight is 353 g/mol. The van der Waals surface area contributed by atoms with Crippen molar-refractivity contribution in [3.8, 4) is 11.4 Å². The van der Waals surface area contributed by atoms with E-state index in [1.54, 1.807) is 7.11 Å². The number of aromatic nitrogens is 1. The van der Waals surface area contributed by atoms with Crippen molar-refractivity contribution in [2.24, 2.45) is 0 Å². The minimum absolute atomic E-state index is 0.0403. The average Bonchev–Trinajstić information content (AvgIpc) is 3.02. The van der Waals surface area contributed by atoms with Crippen LogP contribution in [0.15, 0.2) is 42.1 Å². The highest BCUT2D eigenvalue weighted by Crippen LogP contribution is 2.22. The van der Waals surface area contributed by atoms with E-state index in [0.717, 1.165) is 26.9 Å². The number of carbonyl (C=O) groups is 3. The number of nitrogens with zero attached hydrogens (tertiary/aromatic N) is 3. The summed E-state index contributed by atoms with van der Waals surface area (Å²) in [5.41, 5.74) is 2.53. The lowest BCUT2D eigenvalue weighted by molar-refractivity contribution is -0.134. The van der Waals surface area contributed by atoms with E-state index in [2.05, 4.69) is 0 Å². The van der Waals surface area contributed by atoms with Gasteiger partial charge in [0, 0.05) is 31.7 Å². The van der Waals surface area contributed by atoms with Gasteiger partial charge in [-0.15, -0.1) is 0 Å². The van der Waals surface area contributed by atoms with Crippen LogP contribution in [0, 0.1) is 6.92 Å². The largest absolute Gasteiger partial charge is 0.497 e. The molecule has 1 aromatic heterocycles. The number of carbonyl (C=O) groups excluding carboxylic acids is 3. The van der Waals surface area contributed by atoms with E-state index >= 15 is 0 Å². The van der Waals surface area contributed by atoms with Gasteiger partial charge in [0.1, 0.15) is 11.3 Å². The number of rotatable bonds is 3. The van der Waals surface area contributed by atoms with Crippen LogP contribution >= 0.6 is 0 Å². The molecule has 1 saturated heterocycles. The molecule has 0 N–H and O–H groups in total. The van der Waals surface area contributed by atoms with Gasteiger partial charge >= 0.3 is 6.03 Å². The Balaban J connectivity index is 1.98. The number of ether oxygens (including phenoxy) is 1. The molecule has 0 radical (unpaired) electrons. The van der Waals surface area contributed by atoms with Gasteiger partial charge in [0.15, 0.2) is 0 Å². The molecule has 134 valence electrons. The number of benzene rings is 1. The minimum atomic E-state index is -0.635. The van der Waals surface area contributed by atoms with Gasteiger partial charge in [-0.25, -0.2) is 4.79 Å². The van der Waals surface area contributed by atoms with Crippen LogP contribution < -0.4 is 4.74 Å². The Kier molecular flexibility index (Phi) is 4.38. The Hall–Kier alpha value is -3.35. The molecule has 0 unspecified atom stereocenters. The van der Waals surface area contributed by atoms with Gasteiger partial charge in [0.05, 0.1) is 7.11 Å². The molecule has 0 spiro atoms. The van der Waals surface area contributed by atoms with Gasteiger partial charge in [-0.2, -0.15) is 0 Å². The number of methoxy groups -OCH3 is 1. The summed E-state index contributed by atoms with van der Waals surface area (Å²) in [5.74, 6) is -0.448. The molecule has 1 aliphatic rings. The highest BCUT2D eigenvalue weighted by Gasteiger charge is 2.37. The number of hydrogen-bond acceptors (Lipinski definition) is 4. The Morgan fingerprint density at radius 1 is 0.962 bits per heavy atom. The lowest BCUT2D eigenvalue weighted by atomic mass is 10.1. The van der Waals surface area contributed by atoms with Crippen LogP contribution in [0.2, 0.25) is 0 Å². The zero-order valence-electron chi connectivity index (χ0n) is 15.0. The summed E-state index contributed by atoms with van der Waals surface area (Å²) in [7, 11) is 4.32. The van der Waals surface area contributed by atoms with Crippen LogP contribution in [0.1, 0.15) is 11.3 Å². The van der Waals surface area contributed by atoms with E-state index in [0.29, 0.717) is 5.56 Å². The summed E-state index contributed by atoms with van der Waals surface area (Å²) in [6.07, 6.45) is 3.35. The highest BCUT2D eigenvalue weighted by molar-refractivity contribution is 6.30. The number of hydrogen-bond donors (Lipinski definition) is 0. The van der Waals surface area contributed by atoms with Crippen molar-refractivity contribution in [2.75, 3.05) is 21.2 Å². The van der Waals surface area contributed by atoms with Crippen LogP contribution in [-0.4, -0.2) is 53.4 Å². The molecule has 0 aliphatic carbocycles. The van der Waals surface area contributed by atoms with Crippen molar-refractivity contribution in [1.29, 1.82) is 0 Å². The quantitative estimate of drug-likeness (QED) is 0.627. The molecule has 0 saturated carbocycles. The number of imide groups is 2. The van der Waals surface area contributed by atoms with Crippen LogP contribution in [0.5, 0.6) is 5.75 Å². The first-order valence-corrected chi connectivity index (χ1v) is 7.98. The second-order valence-electron chi connectivity index (χ2n) is 6.05. The smallest absolute Gasteiger partial charge is 0.333 e. The summed E-state index contributed by atoms with van der Waals surface area (Å²) in [4.78, 5) is 38.3. The molecular weight excluding hydrogens is 334 g/mol. The molecule has 3 rings (SSSR count). The van der Waals surface area contributed by atoms with Crippen molar-refractivity contribution >= 4 is 23.9 Å². The third kappa shape index (κ3) is 2.88. The predicted molar refractivity (Wildman–Crippen MR) is 96.0 cm³/mol. The van der Waals surface area contributed by atoms with E-state index in [4.69, 9.17) is 4.74 Å². The van der Waals surface area contributed by atoms with E-state index in [9.17, 15) is 14.4 Å². The van der Waals surface area contributed by atoms with Crippen LogP contribution in [0.25, 0.3) is 11.8 Å². The van der Waals surface area contributed by atoms with Gasteiger partial charge in [0.25, 0.3) is 11.8 Å². The van der Waals surface area contributed by atoms with Crippen molar-refractivity contribution in [3.63, 3.8) is 0 Å². The fraction of sp³-hybridized carbons (Fsp3) is 0.211. The molecule has 26 heavy (non-hydrogen) atoms. The van der Waals surface area contributed by atoms with E-state index in [-0.39, 0.29) is 5.57 Å². The molecule has 1 aromatic carbocycles. The first kappa shape index (κ1) is 17.5. The molecular formula is C19H19N3O4. The summed E-state index contributed by atoms with van der Waals surface area (Å²) in [5, 5.41) is 0. The molecule has 7 heteroatoms. The SMILES string of the molecule is COc1ccc(-n2cc(C=C3C(=O)N(C)C(=O)N(C)C3=O)cc2C)cc1. The Bertz CT molecular complexity index is 899. The number of likely N-dealkylation sites (N-methyl/N-ethyl adjacent to an activating group) is 2. The first-order chi connectivity index (χ1) is 12.3. The zero-order valence-corrected chi connectivity index (χ0v) is 15.0. The Morgan fingerprint density at radius 3 is 2.08 bits per heavy atom. The van der Waals surface area contributed by atoms with Crippen molar-refractivity contribution in [2.45, 2.75) is 6.92 Å². The molecule has 2 heterocycles. The number of amides is 4. The fourth-order valence-corrected chi connectivity index (χ4v) is 2.84. The molecule has 1 aliphatic heterocycles. The normalized spacial score (nSPS) is 14.9. The van der Waals surface area contributed by atoms with E-state index in [1.807, 2.05) is 48.0 Å². The highest BCUT2D eigenvalue weighted by atomic mass is 16.5. The van der Waals surface area contributed by atoms with Crippen molar-refractivity contribution in [3.05, 3.63) is 53.4 Å².